The number of aliphatic carboxylic acids is 1. The van der Waals surface area contributed by atoms with Crippen molar-refractivity contribution < 1.29 is 19.0 Å². The Morgan fingerprint density at radius 2 is 2.11 bits per heavy atom. The molecule has 0 bridgehead atoms. The summed E-state index contributed by atoms with van der Waals surface area (Å²) in [5.74, 6) is -1.61. The Morgan fingerprint density at radius 1 is 1.56 bits per heavy atom. The third-order valence-corrected chi connectivity index (χ3v) is 3.30. The van der Waals surface area contributed by atoms with Gasteiger partial charge >= 0.3 is 5.97 Å². The number of ether oxygens (including phenoxy) is 1. The van der Waals surface area contributed by atoms with Crippen molar-refractivity contribution in [2.75, 3.05) is 7.11 Å². The van der Waals surface area contributed by atoms with Gasteiger partial charge in [-0.1, -0.05) is 17.7 Å². The molecule has 0 amide bonds. The number of hydrogen-bond donors (Lipinski definition) is 1. The van der Waals surface area contributed by atoms with Crippen molar-refractivity contribution in [1.29, 1.82) is 0 Å². The van der Waals surface area contributed by atoms with E-state index in [1.165, 1.54) is 7.11 Å². The highest BCUT2D eigenvalue weighted by atomic mass is 35.5. The Balaban J connectivity index is 3.27. The minimum Gasteiger partial charge on any atom is -0.492 e. The van der Waals surface area contributed by atoms with Gasteiger partial charge in [0.1, 0.15) is 0 Å². The molecule has 1 aromatic rings. The summed E-state index contributed by atoms with van der Waals surface area (Å²) in [7, 11) is 1.33. The summed E-state index contributed by atoms with van der Waals surface area (Å²) in [5.41, 5.74) is -0.0983. The van der Waals surface area contributed by atoms with Crippen molar-refractivity contribution in [3.63, 3.8) is 0 Å². The summed E-state index contributed by atoms with van der Waals surface area (Å²) in [5, 5.41) is 9.28. The van der Waals surface area contributed by atoms with Gasteiger partial charge in [-0.05, 0) is 38.3 Å². The topological polar surface area (TPSA) is 46.5 Å². The number of methoxy groups -OCH3 is 1. The van der Waals surface area contributed by atoms with Crippen molar-refractivity contribution in [1.82, 2.24) is 0 Å². The van der Waals surface area contributed by atoms with Gasteiger partial charge < -0.3 is 9.84 Å². The molecular formula is C13H16ClFO3. The minimum atomic E-state index is -1.05. The van der Waals surface area contributed by atoms with Crippen LogP contribution in [0.2, 0.25) is 5.02 Å². The summed E-state index contributed by atoms with van der Waals surface area (Å²) in [6.45, 7) is 4.82. The molecule has 0 unspecified atom stereocenters. The van der Waals surface area contributed by atoms with E-state index in [9.17, 15) is 9.18 Å². The molecule has 1 aromatic carbocycles. The van der Waals surface area contributed by atoms with Crippen LogP contribution in [-0.4, -0.2) is 18.2 Å². The maximum Gasteiger partial charge on any atom is 0.309 e. The van der Waals surface area contributed by atoms with E-state index in [2.05, 4.69) is 0 Å². The van der Waals surface area contributed by atoms with Crippen molar-refractivity contribution >= 4 is 17.6 Å². The molecule has 3 nitrogen and oxygen atoms in total. The Bertz CT molecular complexity index is 484. The fourth-order valence-corrected chi connectivity index (χ4v) is 1.88. The molecule has 0 fully saturated rings. The highest BCUT2D eigenvalue weighted by Crippen LogP contribution is 2.35. The maximum atomic E-state index is 14.1. The zero-order valence-corrected chi connectivity index (χ0v) is 11.6. The monoisotopic (exact) mass is 274 g/mol. The van der Waals surface area contributed by atoms with Crippen LogP contribution in [-0.2, 0) is 11.2 Å². The van der Waals surface area contributed by atoms with Crippen LogP contribution in [0.3, 0.4) is 0 Å². The van der Waals surface area contributed by atoms with E-state index in [4.69, 9.17) is 21.4 Å². The van der Waals surface area contributed by atoms with Crippen LogP contribution in [0, 0.1) is 18.2 Å². The van der Waals surface area contributed by atoms with Crippen LogP contribution in [0.1, 0.15) is 25.0 Å². The Hall–Kier alpha value is -1.29. The first-order valence-electron chi connectivity index (χ1n) is 5.45. The lowest BCUT2D eigenvalue weighted by molar-refractivity contribution is -0.146. The average Bonchev–Trinajstić information content (AvgIpc) is 2.26. The number of halogens is 2. The first-order chi connectivity index (χ1) is 8.20. The predicted octanol–water partition coefficient (Wildman–Crippen LogP) is 3.45. The quantitative estimate of drug-likeness (QED) is 0.915. The van der Waals surface area contributed by atoms with E-state index >= 15 is 0 Å². The molecule has 0 aliphatic heterocycles. The average molecular weight is 275 g/mol. The third-order valence-electron chi connectivity index (χ3n) is 2.83. The Kier molecular flexibility index (Phi) is 4.22. The molecule has 0 aliphatic carbocycles. The van der Waals surface area contributed by atoms with Gasteiger partial charge in [0.25, 0.3) is 0 Å². The lowest BCUT2D eigenvalue weighted by Gasteiger charge is -2.21. The number of carboxylic acid groups (broad SMARTS) is 1. The van der Waals surface area contributed by atoms with Crippen molar-refractivity contribution in [3.05, 3.63) is 28.0 Å². The molecule has 5 heteroatoms. The van der Waals surface area contributed by atoms with Gasteiger partial charge in [-0.3, -0.25) is 4.79 Å². The van der Waals surface area contributed by atoms with Gasteiger partial charge in [0.2, 0.25) is 0 Å². The van der Waals surface area contributed by atoms with E-state index in [-0.39, 0.29) is 17.2 Å². The largest absolute Gasteiger partial charge is 0.492 e. The normalized spacial score (nSPS) is 11.4. The first kappa shape index (κ1) is 14.8. The molecule has 0 aromatic heterocycles. The third kappa shape index (κ3) is 2.75. The molecule has 0 radical (unpaired) electrons. The summed E-state index contributed by atoms with van der Waals surface area (Å²) in [6.07, 6.45) is 0.0720. The molecule has 0 spiro atoms. The van der Waals surface area contributed by atoms with Crippen LogP contribution in [0.15, 0.2) is 6.07 Å². The molecule has 1 rings (SSSR count). The van der Waals surface area contributed by atoms with Crippen molar-refractivity contribution in [3.8, 4) is 5.75 Å². The summed E-state index contributed by atoms with van der Waals surface area (Å²) in [4.78, 5) is 11.1. The number of rotatable bonds is 4. The molecular weight excluding hydrogens is 259 g/mol. The second-order valence-corrected chi connectivity index (χ2v) is 5.26. The van der Waals surface area contributed by atoms with E-state index < -0.39 is 17.2 Å². The Morgan fingerprint density at radius 3 is 2.56 bits per heavy atom. The number of carbonyl (C=O) groups is 1. The van der Waals surface area contributed by atoms with E-state index in [0.717, 1.165) is 0 Å². The Labute approximate surface area is 111 Å². The molecule has 0 saturated heterocycles. The molecule has 0 saturated carbocycles. The van der Waals surface area contributed by atoms with Gasteiger partial charge in [-0.25, -0.2) is 4.39 Å². The highest BCUT2D eigenvalue weighted by molar-refractivity contribution is 6.32. The van der Waals surface area contributed by atoms with E-state index in [1.54, 1.807) is 26.8 Å². The second-order valence-electron chi connectivity index (χ2n) is 4.88. The molecule has 18 heavy (non-hydrogen) atoms. The highest BCUT2D eigenvalue weighted by Gasteiger charge is 2.30. The summed E-state index contributed by atoms with van der Waals surface area (Å²) in [6, 6.07) is 1.56. The molecule has 100 valence electrons. The van der Waals surface area contributed by atoms with E-state index in [1.807, 2.05) is 0 Å². The van der Waals surface area contributed by atoms with Crippen LogP contribution < -0.4 is 4.74 Å². The lowest BCUT2D eigenvalue weighted by Crippen LogP contribution is -2.26. The maximum absolute atomic E-state index is 14.1. The van der Waals surface area contributed by atoms with Crippen LogP contribution in [0.5, 0.6) is 5.75 Å². The van der Waals surface area contributed by atoms with Gasteiger partial charge in [0, 0.05) is 0 Å². The van der Waals surface area contributed by atoms with Gasteiger partial charge in [0.05, 0.1) is 17.5 Å². The smallest absolute Gasteiger partial charge is 0.309 e. The standard InChI is InChI=1S/C13H16ClFO3/c1-7-5-8(6-13(2,3)12(16)17)10(15)11(18-4)9(7)14/h5H,6H2,1-4H3,(H,16,17). The van der Waals surface area contributed by atoms with Crippen LogP contribution in [0.4, 0.5) is 4.39 Å². The minimum absolute atomic E-state index is 0.0344. The fraction of sp³-hybridized carbons (Fsp3) is 0.462. The van der Waals surface area contributed by atoms with Gasteiger partial charge in [0.15, 0.2) is 11.6 Å². The fourth-order valence-electron chi connectivity index (χ4n) is 1.67. The van der Waals surface area contributed by atoms with E-state index in [0.29, 0.717) is 11.1 Å². The first-order valence-corrected chi connectivity index (χ1v) is 5.83. The lowest BCUT2D eigenvalue weighted by atomic mass is 9.85. The second kappa shape index (κ2) is 5.14. The van der Waals surface area contributed by atoms with Crippen molar-refractivity contribution in [2.24, 2.45) is 5.41 Å². The van der Waals surface area contributed by atoms with Crippen molar-refractivity contribution in [2.45, 2.75) is 27.2 Å². The SMILES string of the molecule is COc1c(F)c(CC(C)(C)C(=O)O)cc(C)c1Cl. The number of hydrogen-bond acceptors (Lipinski definition) is 2. The van der Waals surface area contributed by atoms with Gasteiger partial charge in [-0.15, -0.1) is 0 Å². The van der Waals surface area contributed by atoms with Crippen LogP contribution >= 0.6 is 11.6 Å². The number of benzene rings is 1. The molecule has 0 heterocycles. The molecule has 1 N–H and O–H groups in total. The van der Waals surface area contributed by atoms with Gasteiger partial charge in [-0.2, -0.15) is 0 Å². The number of aryl methyl sites for hydroxylation is 1. The molecule has 0 atom stereocenters. The zero-order chi connectivity index (χ0) is 14.1. The number of carboxylic acids is 1. The predicted molar refractivity (Wildman–Crippen MR) is 67.8 cm³/mol. The molecule has 0 aliphatic rings. The zero-order valence-electron chi connectivity index (χ0n) is 10.8. The summed E-state index contributed by atoms with van der Waals surface area (Å²) < 4.78 is 19.0. The summed E-state index contributed by atoms with van der Waals surface area (Å²) >= 11 is 5.92. The van der Waals surface area contributed by atoms with Crippen LogP contribution in [0.25, 0.3) is 0 Å².